The third-order valence-corrected chi connectivity index (χ3v) is 4.25. The Hall–Kier alpha value is -2.67. The number of hydrogen-bond donors (Lipinski definition) is 0. The summed E-state index contributed by atoms with van der Waals surface area (Å²) >= 11 is 1.38. The minimum atomic E-state index is -0.697. The molecule has 0 atom stereocenters. The Balaban J connectivity index is 2.07. The number of aromatic nitrogens is 1. The summed E-state index contributed by atoms with van der Waals surface area (Å²) in [6, 6.07) is 9.28. The van der Waals surface area contributed by atoms with Gasteiger partial charge >= 0.3 is 0 Å². The van der Waals surface area contributed by atoms with Gasteiger partial charge < -0.3 is 0 Å². The molecule has 25 heavy (non-hydrogen) atoms. The van der Waals surface area contributed by atoms with Crippen molar-refractivity contribution in [3.05, 3.63) is 75.7 Å². The monoisotopic (exact) mass is 361 g/mol. The fourth-order valence-electron chi connectivity index (χ4n) is 2.20. The first-order valence-electron chi connectivity index (χ1n) is 7.55. The highest BCUT2D eigenvalue weighted by Crippen LogP contribution is 2.20. The van der Waals surface area contributed by atoms with E-state index in [1.54, 1.807) is 16.8 Å². The van der Waals surface area contributed by atoms with Crippen molar-refractivity contribution in [3.8, 4) is 11.3 Å². The van der Waals surface area contributed by atoms with Gasteiger partial charge in [-0.05, 0) is 43.3 Å². The Kier molecular flexibility index (Phi) is 5.14. The maximum absolute atomic E-state index is 13.8. The van der Waals surface area contributed by atoms with Crippen molar-refractivity contribution in [2.75, 3.05) is 6.54 Å². The molecular formula is C18H14F3N3S. The molecule has 0 spiro atoms. The summed E-state index contributed by atoms with van der Waals surface area (Å²) in [5.74, 6) is -1.68. The zero-order valence-corrected chi connectivity index (χ0v) is 14.1. The first-order chi connectivity index (χ1) is 12.1. The Morgan fingerprint density at radius 2 is 1.76 bits per heavy atom. The van der Waals surface area contributed by atoms with Crippen LogP contribution in [0.4, 0.5) is 13.2 Å². The maximum Gasteiger partial charge on any atom is 0.206 e. The van der Waals surface area contributed by atoms with Gasteiger partial charge in [0.2, 0.25) is 4.80 Å². The van der Waals surface area contributed by atoms with Crippen LogP contribution in [0, 0.1) is 17.5 Å². The first kappa shape index (κ1) is 17.2. The average molecular weight is 361 g/mol. The minimum absolute atomic E-state index is 0.160. The third kappa shape index (κ3) is 3.88. The fourth-order valence-corrected chi connectivity index (χ4v) is 3.10. The van der Waals surface area contributed by atoms with E-state index in [2.05, 4.69) is 10.1 Å². The fraction of sp³-hybridized carbons (Fsp3) is 0.111. The lowest BCUT2D eigenvalue weighted by Gasteiger charge is -2.04. The van der Waals surface area contributed by atoms with E-state index in [9.17, 15) is 13.2 Å². The van der Waals surface area contributed by atoms with Crippen molar-refractivity contribution >= 4 is 17.6 Å². The summed E-state index contributed by atoms with van der Waals surface area (Å²) in [7, 11) is 0. The Morgan fingerprint density at radius 1 is 1.04 bits per heavy atom. The minimum Gasteiger partial charge on any atom is -0.258 e. The van der Waals surface area contributed by atoms with Gasteiger partial charge in [0, 0.05) is 29.1 Å². The van der Waals surface area contributed by atoms with E-state index in [1.807, 2.05) is 12.3 Å². The molecule has 0 saturated heterocycles. The molecule has 7 heteroatoms. The molecule has 0 N–H and O–H groups in total. The molecule has 0 radical (unpaired) electrons. The summed E-state index contributed by atoms with van der Waals surface area (Å²) in [6.07, 6.45) is 1.31. The van der Waals surface area contributed by atoms with E-state index in [0.717, 1.165) is 11.6 Å². The zero-order valence-electron chi connectivity index (χ0n) is 13.3. The van der Waals surface area contributed by atoms with E-state index in [1.165, 1.54) is 41.8 Å². The average Bonchev–Trinajstić information content (AvgIpc) is 2.98. The van der Waals surface area contributed by atoms with E-state index < -0.39 is 11.6 Å². The molecule has 3 aromatic rings. The maximum atomic E-state index is 13.8. The predicted molar refractivity (Wildman–Crippen MR) is 93.2 cm³/mol. The van der Waals surface area contributed by atoms with Gasteiger partial charge in [-0.15, -0.1) is 11.3 Å². The quantitative estimate of drug-likeness (QED) is 0.615. The number of halogens is 3. The van der Waals surface area contributed by atoms with Crippen molar-refractivity contribution in [3.63, 3.8) is 0 Å². The van der Waals surface area contributed by atoms with Crippen LogP contribution in [0.5, 0.6) is 0 Å². The lowest BCUT2D eigenvalue weighted by molar-refractivity contribution is 0.582. The molecule has 0 aliphatic rings. The highest BCUT2D eigenvalue weighted by atomic mass is 32.1. The normalized spacial score (nSPS) is 12.2. The van der Waals surface area contributed by atoms with Gasteiger partial charge in [0.15, 0.2) is 0 Å². The lowest BCUT2D eigenvalue weighted by atomic mass is 10.2. The molecule has 128 valence electrons. The SMILES string of the molecule is CCN=c1scc(-c2ccc(F)cc2)n1/N=C\c1ccc(F)cc1F. The second kappa shape index (κ2) is 7.48. The first-order valence-corrected chi connectivity index (χ1v) is 8.43. The van der Waals surface area contributed by atoms with Crippen molar-refractivity contribution in [1.29, 1.82) is 0 Å². The van der Waals surface area contributed by atoms with E-state index >= 15 is 0 Å². The van der Waals surface area contributed by atoms with Gasteiger partial charge in [0.1, 0.15) is 17.5 Å². The van der Waals surface area contributed by atoms with E-state index in [0.29, 0.717) is 17.0 Å². The topological polar surface area (TPSA) is 29.6 Å². The van der Waals surface area contributed by atoms with Crippen LogP contribution in [0.25, 0.3) is 11.3 Å². The second-order valence-corrected chi connectivity index (χ2v) is 5.94. The number of benzene rings is 2. The molecule has 0 bridgehead atoms. The summed E-state index contributed by atoms with van der Waals surface area (Å²) in [4.78, 5) is 4.98. The molecule has 0 saturated carbocycles. The number of rotatable bonds is 4. The van der Waals surface area contributed by atoms with Crippen LogP contribution in [-0.2, 0) is 0 Å². The molecule has 0 amide bonds. The van der Waals surface area contributed by atoms with Gasteiger partial charge in [-0.25, -0.2) is 17.8 Å². The molecule has 3 nitrogen and oxygen atoms in total. The van der Waals surface area contributed by atoms with Crippen molar-refractivity contribution < 1.29 is 13.2 Å². The Labute approximate surface area is 146 Å². The van der Waals surface area contributed by atoms with Crippen LogP contribution >= 0.6 is 11.3 Å². The highest BCUT2D eigenvalue weighted by Gasteiger charge is 2.08. The van der Waals surface area contributed by atoms with Gasteiger partial charge in [-0.2, -0.15) is 5.10 Å². The smallest absolute Gasteiger partial charge is 0.206 e. The summed E-state index contributed by atoms with van der Waals surface area (Å²) in [5, 5.41) is 6.14. The van der Waals surface area contributed by atoms with Crippen molar-refractivity contribution in [2.24, 2.45) is 10.1 Å². The van der Waals surface area contributed by atoms with Gasteiger partial charge in [0.25, 0.3) is 0 Å². The van der Waals surface area contributed by atoms with Crippen LogP contribution in [0.1, 0.15) is 12.5 Å². The third-order valence-electron chi connectivity index (χ3n) is 3.39. The van der Waals surface area contributed by atoms with Gasteiger partial charge in [0.05, 0.1) is 11.9 Å². The molecule has 1 heterocycles. The van der Waals surface area contributed by atoms with E-state index in [-0.39, 0.29) is 11.4 Å². The molecular weight excluding hydrogens is 347 g/mol. The lowest BCUT2D eigenvalue weighted by Crippen LogP contribution is -2.12. The largest absolute Gasteiger partial charge is 0.258 e. The Bertz CT molecular complexity index is 972. The molecule has 0 unspecified atom stereocenters. The number of thiazole rings is 1. The van der Waals surface area contributed by atoms with Crippen molar-refractivity contribution in [2.45, 2.75) is 6.92 Å². The van der Waals surface area contributed by atoms with Crippen molar-refractivity contribution in [1.82, 2.24) is 4.68 Å². The predicted octanol–water partition coefficient (Wildman–Crippen LogP) is 4.44. The Morgan fingerprint density at radius 3 is 2.44 bits per heavy atom. The number of nitrogens with zero attached hydrogens (tertiary/aromatic N) is 3. The van der Waals surface area contributed by atoms with Gasteiger partial charge in [-0.1, -0.05) is 0 Å². The summed E-state index contributed by atoms with van der Waals surface area (Å²) in [6.45, 7) is 2.45. The number of hydrogen-bond acceptors (Lipinski definition) is 3. The molecule has 2 aromatic carbocycles. The van der Waals surface area contributed by atoms with Gasteiger partial charge in [-0.3, -0.25) is 4.99 Å². The van der Waals surface area contributed by atoms with Crippen LogP contribution in [-0.4, -0.2) is 17.4 Å². The van der Waals surface area contributed by atoms with Crippen LogP contribution < -0.4 is 4.80 Å². The molecule has 0 aliphatic heterocycles. The standard InChI is InChI=1S/C18H14F3N3S/c1-2-22-18-24(23-10-13-5-8-15(20)9-16(13)21)17(11-25-18)12-3-6-14(19)7-4-12/h3-11H,2H2,1H3/b22-18?,23-10-. The van der Waals surface area contributed by atoms with Crippen LogP contribution in [0.15, 0.2) is 57.9 Å². The summed E-state index contributed by atoms with van der Waals surface area (Å²) < 4.78 is 41.5. The molecule has 0 aliphatic carbocycles. The van der Waals surface area contributed by atoms with Crippen LogP contribution in [0.3, 0.4) is 0 Å². The molecule has 3 rings (SSSR count). The molecule has 0 fully saturated rings. The summed E-state index contributed by atoms with van der Waals surface area (Å²) in [5.41, 5.74) is 1.62. The van der Waals surface area contributed by atoms with Crippen LogP contribution in [0.2, 0.25) is 0 Å². The highest BCUT2D eigenvalue weighted by molar-refractivity contribution is 7.07. The second-order valence-electron chi connectivity index (χ2n) is 5.11. The van der Waals surface area contributed by atoms with E-state index in [4.69, 9.17) is 0 Å². The zero-order chi connectivity index (χ0) is 17.8. The molecule has 1 aromatic heterocycles.